The molecule has 1 N–H and O–H groups in total. The van der Waals surface area contributed by atoms with Gasteiger partial charge in [-0.1, -0.05) is 0 Å². The molecule has 0 aromatic rings. The van der Waals surface area contributed by atoms with Gasteiger partial charge in [0.1, 0.15) is 0 Å². The molecule has 2 heteroatoms. The highest BCUT2D eigenvalue weighted by molar-refractivity contribution is 4.84. The van der Waals surface area contributed by atoms with Crippen molar-refractivity contribution in [2.75, 3.05) is 13.1 Å². The molecule has 1 saturated heterocycles. The third-order valence-corrected chi connectivity index (χ3v) is 3.46. The first-order valence-electron chi connectivity index (χ1n) is 5.18. The van der Waals surface area contributed by atoms with Gasteiger partial charge in [-0.2, -0.15) is 0 Å². The van der Waals surface area contributed by atoms with Crippen LogP contribution in [-0.2, 0) is 0 Å². The molecule has 1 aliphatic heterocycles. The fourth-order valence-corrected chi connectivity index (χ4v) is 2.39. The van der Waals surface area contributed by atoms with Gasteiger partial charge >= 0.3 is 0 Å². The predicted octanol–water partition coefficient (Wildman–Crippen LogP) is 1.24. The summed E-state index contributed by atoms with van der Waals surface area (Å²) in [6.07, 6.45) is 4.70. The Balaban J connectivity index is 1.73. The predicted molar refractivity (Wildman–Crippen MR) is 49.0 cm³/mol. The fraction of sp³-hybridized carbons (Fsp3) is 1.00. The maximum atomic E-state index is 9.35. The summed E-state index contributed by atoms with van der Waals surface area (Å²) in [5.41, 5.74) is 0. The summed E-state index contributed by atoms with van der Waals surface area (Å²) >= 11 is 0. The van der Waals surface area contributed by atoms with Crippen LogP contribution in [0.15, 0.2) is 0 Å². The number of aliphatic hydroxyl groups excluding tert-OH is 1. The Bertz CT molecular complexity index is 160. The maximum Gasteiger partial charge on any atom is 0.0543 e. The smallest absolute Gasteiger partial charge is 0.0543 e. The van der Waals surface area contributed by atoms with Crippen LogP contribution in [0.4, 0.5) is 0 Å². The molecule has 2 rings (SSSR count). The summed E-state index contributed by atoms with van der Waals surface area (Å²) in [5, 5.41) is 9.35. The van der Waals surface area contributed by atoms with Crippen LogP contribution in [0, 0.1) is 5.92 Å². The van der Waals surface area contributed by atoms with Gasteiger partial charge in [-0.15, -0.1) is 0 Å². The highest BCUT2D eigenvalue weighted by Crippen LogP contribution is 2.28. The molecule has 3 atom stereocenters. The molecule has 0 aromatic heterocycles. The van der Waals surface area contributed by atoms with Crippen LogP contribution < -0.4 is 0 Å². The van der Waals surface area contributed by atoms with Crippen molar-refractivity contribution in [1.29, 1.82) is 0 Å². The van der Waals surface area contributed by atoms with Crippen molar-refractivity contribution in [3.63, 3.8) is 0 Å². The van der Waals surface area contributed by atoms with E-state index in [0.717, 1.165) is 24.8 Å². The van der Waals surface area contributed by atoms with Gasteiger partial charge in [0, 0.05) is 12.6 Å². The molecular formula is C10H19NO. The van der Waals surface area contributed by atoms with E-state index in [4.69, 9.17) is 0 Å². The largest absolute Gasteiger partial charge is 0.393 e. The van der Waals surface area contributed by atoms with E-state index >= 15 is 0 Å². The molecule has 0 radical (unpaired) electrons. The van der Waals surface area contributed by atoms with Gasteiger partial charge in [-0.25, -0.2) is 0 Å². The minimum atomic E-state index is 0.00610. The Labute approximate surface area is 74.6 Å². The van der Waals surface area contributed by atoms with Crippen LogP contribution in [-0.4, -0.2) is 35.2 Å². The average Bonchev–Trinajstić information content (AvgIpc) is 2.44. The van der Waals surface area contributed by atoms with Gasteiger partial charge in [-0.05, 0) is 45.1 Å². The van der Waals surface area contributed by atoms with Gasteiger partial charge < -0.3 is 10.0 Å². The van der Waals surface area contributed by atoms with Crippen molar-refractivity contribution >= 4 is 0 Å². The summed E-state index contributed by atoms with van der Waals surface area (Å²) < 4.78 is 0. The van der Waals surface area contributed by atoms with E-state index in [-0.39, 0.29) is 6.10 Å². The zero-order valence-electron chi connectivity index (χ0n) is 7.87. The lowest BCUT2D eigenvalue weighted by Crippen LogP contribution is -2.47. The maximum absolute atomic E-state index is 9.35. The minimum absolute atomic E-state index is 0.00610. The van der Waals surface area contributed by atoms with E-state index in [1.165, 1.54) is 25.9 Å². The first-order valence-corrected chi connectivity index (χ1v) is 5.18. The van der Waals surface area contributed by atoms with Crippen molar-refractivity contribution in [2.24, 2.45) is 5.92 Å². The quantitative estimate of drug-likeness (QED) is 0.672. The molecule has 12 heavy (non-hydrogen) atoms. The molecule has 0 amide bonds. The van der Waals surface area contributed by atoms with Gasteiger partial charge in [0.2, 0.25) is 0 Å². The lowest BCUT2D eigenvalue weighted by Gasteiger charge is -2.40. The van der Waals surface area contributed by atoms with Gasteiger partial charge in [0.05, 0.1) is 6.10 Å². The second kappa shape index (κ2) is 3.35. The van der Waals surface area contributed by atoms with Crippen molar-refractivity contribution in [3.05, 3.63) is 0 Å². The van der Waals surface area contributed by atoms with Crippen LogP contribution in [0.25, 0.3) is 0 Å². The van der Waals surface area contributed by atoms with Gasteiger partial charge in [0.25, 0.3) is 0 Å². The number of likely N-dealkylation sites (tertiary alicyclic amines) is 1. The summed E-state index contributed by atoms with van der Waals surface area (Å²) in [7, 11) is 0. The van der Waals surface area contributed by atoms with Crippen LogP contribution in [0.1, 0.15) is 32.6 Å². The lowest BCUT2D eigenvalue weighted by molar-refractivity contribution is 0.0804. The SMILES string of the molecule is CC1CCN1CC1CCC(O)C1. The molecule has 3 unspecified atom stereocenters. The third-order valence-electron chi connectivity index (χ3n) is 3.46. The van der Waals surface area contributed by atoms with Gasteiger partial charge in [-0.3, -0.25) is 0 Å². The monoisotopic (exact) mass is 169 g/mol. The van der Waals surface area contributed by atoms with E-state index in [1.54, 1.807) is 0 Å². The standard InChI is InChI=1S/C10H19NO/c1-8-4-5-11(8)7-9-2-3-10(12)6-9/h8-10,12H,2-7H2,1H3. The topological polar surface area (TPSA) is 23.5 Å². The molecular weight excluding hydrogens is 150 g/mol. The number of hydrogen-bond acceptors (Lipinski definition) is 2. The molecule has 0 aromatic carbocycles. The molecule has 0 bridgehead atoms. The molecule has 0 spiro atoms. The van der Waals surface area contributed by atoms with Crippen LogP contribution in [0.2, 0.25) is 0 Å². The van der Waals surface area contributed by atoms with Crippen molar-refractivity contribution in [2.45, 2.75) is 44.8 Å². The fourth-order valence-electron chi connectivity index (χ4n) is 2.39. The summed E-state index contributed by atoms with van der Waals surface area (Å²) in [6, 6.07) is 0.808. The van der Waals surface area contributed by atoms with Crippen molar-refractivity contribution in [3.8, 4) is 0 Å². The van der Waals surface area contributed by atoms with Crippen molar-refractivity contribution < 1.29 is 5.11 Å². The highest BCUT2D eigenvalue weighted by Gasteiger charge is 2.29. The molecule has 70 valence electrons. The minimum Gasteiger partial charge on any atom is -0.393 e. The molecule has 2 aliphatic rings. The normalized spacial score (nSPS) is 43.0. The summed E-state index contributed by atoms with van der Waals surface area (Å²) in [4.78, 5) is 2.54. The molecule has 2 nitrogen and oxygen atoms in total. The van der Waals surface area contributed by atoms with Crippen molar-refractivity contribution in [1.82, 2.24) is 4.90 Å². The molecule has 1 heterocycles. The summed E-state index contributed by atoms with van der Waals surface area (Å²) in [5.74, 6) is 0.780. The zero-order chi connectivity index (χ0) is 8.55. The Morgan fingerprint density at radius 1 is 1.33 bits per heavy atom. The zero-order valence-corrected chi connectivity index (χ0v) is 7.87. The first kappa shape index (κ1) is 8.52. The number of nitrogens with zero attached hydrogens (tertiary/aromatic N) is 1. The highest BCUT2D eigenvalue weighted by atomic mass is 16.3. The average molecular weight is 169 g/mol. The Hall–Kier alpha value is -0.0800. The van der Waals surface area contributed by atoms with E-state index in [0.29, 0.717) is 0 Å². The van der Waals surface area contributed by atoms with E-state index in [2.05, 4.69) is 11.8 Å². The molecule has 1 aliphatic carbocycles. The molecule has 2 fully saturated rings. The summed E-state index contributed by atoms with van der Waals surface area (Å²) in [6.45, 7) is 4.82. The Morgan fingerprint density at radius 2 is 2.17 bits per heavy atom. The number of hydrogen-bond donors (Lipinski definition) is 1. The van der Waals surface area contributed by atoms with E-state index in [1.807, 2.05) is 0 Å². The van der Waals surface area contributed by atoms with Crippen LogP contribution in [0.3, 0.4) is 0 Å². The Morgan fingerprint density at radius 3 is 2.58 bits per heavy atom. The van der Waals surface area contributed by atoms with E-state index < -0.39 is 0 Å². The Kier molecular flexibility index (Phi) is 2.37. The number of aliphatic hydroxyl groups is 1. The van der Waals surface area contributed by atoms with Crippen LogP contribution >= 0.6 is 0 Å². The van der Waals surface area contributed by atoms with Crippen LogP contribution in [0.5, 0.6) is 0 Å². The lowest BCUT2D eigenvalue weighted by atomic mass is 10.0. The van der Waals surface area contributed by atoms with E-state index in [9.17, 15) is 5.11 Å². The van der Waals surface area contributed by atoms with Gasteiger partial charge in [0.15, 0.2) is 0 Å². The first-order chi connectivity index (χ1) is 5.75. The second-order valence-corrected chi connectivity index (χ2v) is 4.47. The molecule has 1 saturated carbocycles. The third kappa shape index (κ3) is 1.64. The number of rotatable bonds is 2. The second-order valence-electron chi connectivity index (χ2n) is 4.47.